The summed E-state index contributed by atoms with van der Waals surface area (Å²) in [5, 5.41) is 0. The molecule has 1 aromatic heterocycles. The van der Waals surface area contributed by atoms with E-state index < -0.39 is 10.0 Å². The van der Waals surface area contributed by atoms with Crippen molar-refractivity contribution in [1.29, 1.82) is 0 Å². The van der Waals surface area contributed by atoms with Gasteiger partial charge < -0.3 is 5.73 Å². The van der Waals surface area contributed by atoms with Gasteiger partial charge in [0.1, 0.15) is 0 Å². The molecule has 0 aliphatic heterocycles. The summed E-state index contributed by atoms with van der Waals surface area (Å²) in [6.45, 7) is 2.08. The molecule has 1 heterocycles. The van der Waals surface area contributed by atoms with Crippen LogP contribution in [0.3, 0.4) is 0 Å². The van der Waals surface area contributed by atoms with Gasteiger partial charge in [-0.05, 0) is 18.6 Å². The molecule has 20 heavy (non-hydrogen) atoms. The van der Waals surface area contributed by atoms with Crippen LogP contribution in [0, 0.1) is 6.92 Å². The molecule has 2 rings (SSSR count). The van der Waals surface area contributed by atoms with Gasteiger partial charge in [-0.15, -0.1) is 0 Å². The van der Waals surface area contributed by atoms with Crippen LogP contribution in [-0.2, 0) is 23.1 Å². The number of hydrogen-bond acceptors (Lipinski definition) is 5. The van der Waals surface area contributed by atoms with E-state index in [-0.39, 0.29) is 18.0 Å². The zero-order valence-electron chi connectivity index (χ0n) is 11.1. The topological polar surface area (TPSA) is 98.0 Å². The second kappa shape index (κ2) is 6.08. The minimum atomic E-state index is -3.61. The van der Waals surface area contributed by atoms with E-state index in [0.717, 1.165) is 5.69 Å². The number of nitrogens with zero attached hydrogens (tertiary/aromatic N) is 2. The Labute approximate surface area is 118 Å². The van der Waals surface area contributed by atoms with E-state index in [0.29, 0.717) is 11.3 Å². The van der Waals surface area contributed by atoms with Gasteiger partial charge in [0, 0.05) is 12.7 Å². The van der Waals surface area contributed by atoms with Crippen LogP contribution in [0.5, 0.6) is 0 Å². The van der Waals surface area contributed by atoms with E-state index in [1.54, 1.807) is 30.6 Å². The van der Waals surface area contributed by atoms with Crippen molar-refractivity contribution in [2.45, 2.75) is 24.9 Å². The summed E-state index contributed by atoms with van der Waals surface area (Å²) in [4.78, 5) is 8.37. The molecule has 0 amide bonds. The number of rotatable bonds is 5. The lowest BCUT2D eigenvalue weighted by molar-refractivity contribution is 0.579. The van der Waals surface area contributed by atoms with Crippen molar-refractivity contribution in [1.82, 2.24) is 14.7 Å². The summed E-state index contributed by atoms with van der Waals surface area (Å²) >= 11 is 0. The molecule has 0 bridgehead atoms. The fourth-order valence-corrected chi connectivity index (χ4v) is 2.94. The quantitative estimate of drug-likeness (QED) is 0.846. The normalized spacial score (nSPS) is 11.5. The van der Waals surface area contributed by atoms with Crippen LogP contribution in [0.25, 0.3) is 0 Å². The largest absolute Gasteiger partial charge is 0.326 e. The van der Waals surface area contributed by atoms with Crippen LogP contribution in [-0.4, -0.2) is 18.4 Å². The minimum absolute atomic E-state index is 0.0918. The van der Waals surface area contributed by atoms with Crippen LogP contribution in [0.2, 0.25) is 0 Å². The summed E-state index contributed by atoms with van der Waals surface area (Å²) < 4.78 is 27.0. The van der Waals surface area contributed by atoms with Gasteiger partial charge in [-0.1, -0.05) is 18.2 Å². The third-order valence-corrected chi connectivity index (χ3v) is 4.26. The monoisotopic (exact) mass is 292 g/mol. The van der Waals surface area contributed by atoms with Gasteiger partial charge in [-0.2, -0.15) is 0 Å². The first kappa shape index (κ1) is 14.6. The smallest absolute Gasteiger partial charge is 0.241 e. The third-order valence-electron chi connectivity index (χ3n) is 2.76. The molecule has 0 atom stereocenters. The molecular formula is C13H16N4O2S. The molecule has 2 aromatic rings. The standard InChI is InChI=1S/C13H16N4O2S/c1-10-7-16-12(8-15-10)9-17-20(18,19)13-5-3-2-4-11(13)6-14/h2-5,7-8,17H,6,9,14H2,1H3. The first-order valence-electron chi connectivity index (χ1n) is 6.08. The van der Waals surface area contributed by atoms with Gasteiger partial charge >= 0.3 is 0 Å². The predicted molar refractivity (Wildman–Crippen MR) is 75.1 cm³/mol. The number of sulfonamides is 1. The van der Waals surface area contributed by atoms with Crippen molar-refractivity contribution in [3.8, 4) is 0 Å². The zero-order chi connectivity index (χ0) is 14.6. The maximum Gasteiger partial charge on any atom is 0.241 e. The summed E-state index contributed by atoms with van der Waals surface area (Å²) in [5.41, 5.74) is 7.48. The Kier molecular flexibility index (Phi) is 4.43. The summed E-state index contributed by atoms with van der Waals surface area (Å²) in [6.07, 6.45) is 3.14. The van der Waals surface area contributed by atoms with E-state index in [9.17, 15) is 8.42 Å². The Morgan fingerprint density at radius 2 is 1.95 bits per heavy atom. The lowest BCUT2D eigenvalue weighted by Gasteiger charge is -2.10. The van der Waals surface area contributed by atoms with Crippen LogP contribution in [0.1, 0.15) is 17.0 Å². The first-order valence-corrected chi connectivity index (χ1v) is 7.56. The van der Waals surface area contributed by atoms with Gasteiger partial charge in [0.05, 0.1) is 29.0 Å². The molecule has 7 heteroatoms. The van der Waals surface area contributed by atoms with Gasteiger partial charge in [0.25, 0.3) is 0 Å². The van der Waals surface area contributed by atoms with Crippen molar-refractivity contribution in [2.75, 3.05) is 0 Å². The molecule has 0 radical (unpaired) electrons. The molecule has 0 saturated heterocycles. The highest BCUT2D eigenvalue weighted by Gasteiger charge is 2.17. The second-order valence-corrected chi connectivity index (χ2v) is 6.02. The van der Waals surface area contributed by atoms with Crippen LogP contribution >= 0.6 is 0 Å². The van der Waals surface area contributed by atoms with Gasteiger partial charge in [-0.25, -0.2) is 13.1 Å². The molecule has 0 aliphatic rings. The van der Waals surface area contributed by atoms with E-state index in [4.69, 9.17) is 5.73 Å². The van der Waals surface area contributed by atoms with Crippen LogP contribution < -0.4 is 10.5 Å². The molecule has 0 aliphatic carbocycles. The number of benzene rings is 1. The first-order chi connectivity index (χ1) is 9.53. The highest BCUT2D eigenvalue weighted by atomic mass is 32.2. The highest BCUT2D eigenvalue weighted by molar-refractivity contribution is 7.89. The summed E-state index contributed by atoms with van der Waals surface area (Å²) in [7, 11) is -3.61. The second-order valence-electron chi connectivity index (χ2n) is 4.29. The molecule has 0 fully saturated rings. The molecule has 0 saturated carbocycles. The average molecular weight is 292 g/mol. The Hall–Kier alpha value is -1.83. The molecule has 0 unspecified atom stereocenters. The molecule has 0 spiro atoms. The minimum Gasteiger partial charge on any atom is -0.326 e. The molecule has 3 N–H and O–H groups in total. The number of hydrogen-bond donors (Lipinski definition) is 2. The van der Waals surface area contributed by atoms with Crippen molar-refractivity contribution in [3.63, 3.8) is 0 Å². The summed E-state index contributed by atoms with van der Waals surface area (Å²) in [5.74, 6) is 0. The maximum absolute atomic E-state index is 12.2. The Balaban J connectivity index is 2.17. The van der Waals surface area contributed by atoms with Crippen molar-refractivity contribution >= 4 is 10.0 Å². The third kappa shape index (κ3) is 3.38. The number of aryl methyl sites for hydroxylation is 1. The van der Waals surface area contributed by atoms with E-state index in [1.165, 1.54) is 6.07 Å². The summed E-state index contributed by atoms with van der Waals surface area (Å²) in [6, 6.07) is 6.65. The highest BCUT2D eigenvalue weighted by Crippen LogP contribution is 2.14. The molecular weight excluding hydrogens is 276 g/mol. The van der Waals surface area contributed by atoms with E-state index >= 15 is 0 Å². The van der Waals surface area contributed by atoms with E-state index in [1.807, 2.05) is 6.92 Å². The van der Waals surface area contributed by atoms with Crippen molar-refractivity contribution in [2.24, 2.45) is 5.73 Å². The predicted octanol–water partition coefficient (Wildman–Crippen LogP) is 0.722. The Bertz CT molecular complexity index is 684. The number of nitrogens with two attached hydrogens (primary N) is 1. The maximum atomic E-state index is 12.2. The van der Waals surface area contributed by atoms with Gasteiger partial charge in [-0.3, -0.25) is 9.97 Å². The molecule has 6 nitrogen and oxygen atoms in total. The van der Waals surface area contributed by atoms with E-state index in [2.05, 4.69) is 14.7 Å². The Morgan fingerprint density at radius 3 is 2.60 bits per heavy atom. The van der Waals surface area contributed by atoms with Crippen LogP contribution in [0.4, 0.5) is 0 Å². The SMILES string of the molecule is Cc1cnc(CNS(=O)(=O)c2ccccc2CN)cn1. The fourth-order valence-electron chi connectivity index (χ4n) is 1.69. The van der Waals surface area contributed by atoms with Crippen molar-refractivity contribution in [3.05, 3.63) is 53.6 Å². The lowest BCUT2D eigenvalue weighted by Crippen LogP contribution is -2.25. The average Bonchev–Trinajstić information content (AvgIpc) is 2.46. The molecule has 1 aromatic carbocycles. The number of aromatic nitrogens is 2. The number of nitrogens with one attached hydrogen (secondary N) is 1. The Morgan fingerprint density at radius 1 is 1.20 bits per heavy atom. The lowest BCUT2D eigenvalue weighted by atomic mass is 10.2. The van der Waals surface area contributed by atoms with Gasteiger partial charge in [0.2, 0.25) is 10.0 Å². The van der Waals surface area contributed by atoms with Gasteiger partial charge in [0.15, 0.2) is 0 Å². The van der Waals surface area contributed by atoms with Crippen molar-refractivity contribution < 1.29 is 8.42 Å². The molecule has 106 valence electrons. The fraction of sp³-hybridized carbons (Fsp3) is 0.231. The van der Waals surface area contributed by atoms with Crippen LogP contribution in [0.15, 0.2) is 41.6 Å². The zero-order valence-corrected chi connectivity index (χ0v) is 11.9.